The van der Waals surface area contributed by atoms with Gasteiger partial charge in [-0.3, -0.25) is 9.78 Å². The van der Waals surface area contributed by atoms with E-state index < -0.39 is 11.2 Å². The van der Waals surface area contributed by atoms with Gasteiger partial charge in [0, 0.05) is 65.6 Å². The fraction of sp³-hybridized carbons (Fsp3) is 0.576. The maximum absolute atomic E-state index is 11.7. The first-order valence-corrected chi connectivity index (χ1v) is 15.2. The van der Waals surface area contributed by atoms with Gasteiger partial charge in [-0.1, -0.05) is 20.8 Å². The summed E-state index contributed by atoms with van der Waals surface area (Å²) < 4.78 is 19.8. The average molecular weight is 585 g/mol. The first kappa shape index (κ1) is 33.1. The van der Waals surface area contributed by atoms with E-state index in [1.807, 2.05) is 27.0 Å². The number of rotatable bonds is 13. The Morgan fingerprint density at radius 2 is 1.80 bits per heavy atom. The Morgan fingerprint density at radius 1 is 1.12 bits per heavy atom. The van der Waals surface area contributed by atoms with Gasteiger partial charge in [-0.05, 0) is 89.8 Å². The molecule has 7 nitrogen and oxygen atoms in total. The summed E-state index contributed by atoms with van der Waals surface area (Å²) in [4.78, 5) is 17.5. The Bertz CT molecular complexity index is 1370. The highest BCUT2D eigenvalue weighted by atomic mass is 32.2. The molecule has 41 heavy (non-hydrogen) atoms. The summed E-state index contributed by atoms with van der Waals surface area (Å²) in [6, 6.07) is 8.62. The Hall–Kier alpha value is -2.39. The molecule has 0 spiro atoms. The molecule has 0 saturated heterocycles. The van der Waals surface area contributed by atoms with Gasteiger partial charge in [-0.15, -0.1) is 0 Å². The zero-order chi connectivity index (χ0) is 30.8. The van der Waals surface area contributed by atoms with E-state index in [1.165, 1.54) is 24.5 Å². The minimum absolute atomic E-state index is 0.190. The molecule has 0 aliphatic carbocycles. The molecule has 3 aromatic rings. The van der Waals surface area contributed by atoms with E-state index in [1.54, 1.807) is 21.0 Å². The van der Waals surface area contributed by atoms with Gasteiger partial charge >= 0.3 is 5.97 Å². The lowest BCUT2D eigenvalue weighted by atomic mass is 9.84. The predicted molar refractivity (Wildman–Crippen MR) is 167 cm³/mol. The Morgan fingerprint density at radius 3 is 2.37 bits per heavy atom. The average Bonchev–Trinajstić information content (AvgIpc) is 3.21. The van der Waals surface area contributed by atoms with Crippen LogP contribution < -0.4 is 0 Å². The summed E-state index contributed by atoms with van der Waals surface area (Å²) in [7, 11) is 1.71. The zero-order valence-corrected chi connectivity index (χ0v) is 27.5. The molecule has 1 unspecified atom stereocenters. The van der Waals surface area contributed by atoms with E-state index in [2.05, 4.69) is 56.5 Å². The lowest BCUT2D eigenvalue weighted by Crippen LogP contribution is -2.45. The Labute approximate surface area is 250 Å². The summed E-state index contributed by atoms with van der Waals surface area (Å²) in [5.74, 6) is -0.282. The highest BCUT2D eigenvalue weighted by molar-refractivity contribution is 7.94. The normalized spacial score (nSPS) is 13.6. The van der Waals surface area contributed by atoms with Crippen LogP contribution >= 0.6 is 12.0 Å². The molecule has 1 aromatic carbocycles. The van der Waals surface area contributed by atoms with Gasteiger partial charge in [0.25, 0.3) is 0 Å². The number of pyridine rings is 1. The van der Waals surface area contributed by atoms with Crippen molar-refractivity contribution in [1.82, 2.24) is 9.55 Å². The van der Waals surface area contributed by atoms with Crippen molar-refractivity contribution in [3.63, 3.8) is 0 Å². The van der Waals surface area contributed by atoms with Gasteiger partial charge in [0.15, 0.2) is 0 Å². The lowest BCUT2D eigenvalue weighted by molar-refractivity contribution is -0.143. The van der Waals surface area contributed by atoms with Crippen LogP contribution in [0.25, 0.3) is 22.2 Å². The molecule has 0 aliphatic heterocycles. The lowest BCUT2D eigenvalue weighted by Gasteiger charge is -2.35. The molecule has 0 saturated carbocycles. The van der Waals surface area contributed by atoms with Crippen molar-refractivity contribution in [3.05, 3.63) is 47.3 Å². The molecule has 0 aliphatic rings. The first-order valence-electron chi connectivity index (χ1n) is 14.4. The van der Waals surface area contributed by atoms with Crippen LogP contribution in [0.3, 0.4) is 0 Å². The fourth-order valence-corrected chi connectivity index (χ4v) is 5.49. The summed E-state index contributed by atoms with van der Waals surface area (Å²) in [5, 5.41) is 11.7. The van der Waals surface area contributed by atoms with Crippen molar-refractivity contribution in [3.8, 4) is 11.3 Å². The summed E-state index contributed by atoms with van der Waals surface area (Å²) in [5.41, 5.74) is 4.41. The van der Waals surface area contributed by atoms with Crippen LogP contribution in [-0.2, 0) is 37.8 Å². The van der Waals surface area contributed by atoms with Gasteiger partial charge in [0.1, 0.15) is 5.60 Å². The van der Waals surface area contributed by atoms with E-state index in [9.17, 15) is 9.90 Å². The number of ether oxygens (including phenoxy) is 2. The smallest absolute Gasteiger partial charge is 0.302 e. The molecular formula is C33H48N2O5S. The number of aromatic nitrogens is 2. The summed E-state index contributed by atoms with van der Waals surface area (Å²) >= 11 is 1.28. The van der Waals surface area contributed by atoms with Crippen LogP contribution in [0.1, 0.15) is 92.2 Å². The predicted octanol–water partition coefficient (Wildman–Crippen LogP) is 7.70. The highest BCUT2D eigenvalue weighted by Gasteiger charge is 2.37. The topological polar surface area (TPSA) is 82.8 Å². The third-order valence-electron chi connectivity index (χ3n) is 7.97. The number of nitrogens with zero attached hydrogens (tertiary/aromatic N) is 2. The number of aliphatic hydroxyl groups is 1. The maximum Gasteiger partial charge on any atom is 0.302 e. The molecule has 1 N–H and O–H groups in total. The van der Waals surface area contributed by atoms with Gasteiger partial charge < -0.3 is 23.3 Å². The number of hydrogen-bond acceptors (Lipinski definition) is 7. The second-order valence-corrected chi connectivity index (χ2v) is 13.4. The van der Waals surface area contributed by atoms with Crippen LogP contribution in [0.2, 0.25) is 0 Å². The number of benzene rings is 1. The van der Waals surface area contributed by atoms with Crippen LogP contribution in [-0.4, -0.2) is 45.5 Å². The number of methoxy groups -OCH3 is 1. The molecule has 0 radical (unpaired) electrons. The van der Waals surface area contributed by atoms with E-state index in [4.69, 9.17) is 18.6 Å². The zero-order valence-electron chi connectivity index (χ0n) is 26.7. The van der Waals surface area contributed by atoms with Crippen molar-refractivity contribution in [2.24, 2.45) is 5.41 Å². The van der Waals surface area contributed by atoms with Gasteiger partial charge in [0.05, 0.1) is 29.7 Å². The second-order valence-electron chi connectivity index (χ2n) is 12.6. The fourth-order valence-electron chi connectivity index (χ4n) is 4.69. The van der Waals surface area contributed by atoms with Crippen molar-refractivity contribution in [1.29, 1.82) is 0 Å². The van der Waals surface area contributed by atoms with Crippen LogP contribution in [0.4, 0.5) is 0 Å². The minimum Gasteiger partial charge on any atom is -0.465 e. The molecule has 0 amide bonds. The maximum atomic E-state index is 11.7. The molecule has 0 bridgehead atoms. The largest absolute Gasteiger partial charge is 0.465 e. The van der Waals surface area contributed by atoms with Gasteiger partial charge in [-0.2, -0.15) is 0 Å². The Kier molecular flexibility index (Phi) is 10.4. The van der Waals surface area contributed by atoms with Crippen molar-refractivity contribution in [2.45, 2.75) is 111 Å². The van der Waals surface area contributed by atoms with Crippen molar-refractivity contribution >= 4 is 28.9 Å². The summed E-state index contributed by atoms with van der Waals surface area (Å²) in [6.45, 7) is 20.4. The third-order valence-corrected chi connectivity index (χ3v) is 8.92. The number of fused-ring (bicyclic) bond motifs is 1. The first-order chi connectivity index (χ1) is 19.0. The Balaban J connectivity index is 2.29. The molecule has 2 heterocycles. The minimum atomic E-state index is -1.01. The molecular weight excluding hydrogens is 536 g/mol. The van der Waals surface area contributed by atoms with Crippen LogP contribution in [0, 0.1) is 5.41 Å². The summed E-state index contributed by atoms with van der Waals surface area (Å²) in [6.07, 6.45) is 3.30. The molecule has 1 atom stereocenters. The molecule has 2 aromatic heterocycles. The quantitative estimate of drug-likeness (QED) is 0.163. The van der Waals surface area contributed by atoms with Crippen molar-refractivity contribution < 1.29 is 23.6 Å². The monoisotopic (exact) mass is 584 g/mol. The van der Waals surface area contributed by atoms with Gasteiger partial charge in [0.2, 0.25) is 0 Å². The third kappa shape index (κ3) is 7.53. The second kappa shape index (κ2) is 12.9. The highest BCUT2D eigenvalue weighted by Crippen LogP contribution is 2.42. The van der Waals surface area contributed by atoms with E-state index in [-0.39, 0.29) is 17.5 Å². The standard InChI is InChI=1S/C33H48N2O5S/c1-12-23-16-26(29(34-19-23)21(3)38-11)30-27(18-31(5,6)20-39-22(4)36)25-17-24(14-15-28(25)35(30)13-2)41-40-33(9,10)32(7,8)37/h14-17,19,21,37H,12-13,18,20H2,1-11H3. The number of hydrogen-bond donors (Lipinski definition) is 1. The SMILES string of the molecule is CCc1cnc(C(C)OC)c(-c2c(CC(C)(C)COC(C)=O)c3cc(SOC(C)(C)C(C)(C)O)ccc3n2CC)c1. The number of carbonyl (C=O) groups is 1. The van der Waals surface area contributed by atoms with Crippen LogP contribution in [0.5, 0.6) is 0 Å². The van der Waals surface area contributed by atoms with Crippen LogP contribution in [0.15, 0.2) is 35.4 Å². The molecule has 0 fully saturated rings. The number of esters is 1. The number of carbonyl (C=O) groups excluding carboxylic acids is 1. The van der Waals surface area contributed by atoms with E-state index in [0.29, 0.717) is 13.0 Å². The molecule has 226 valence electrons. The van der Waals surface area contributed by atoms with E-state index in [0.717, 1.165) is 51.3 Å². The molecule has 3 rings (SSSR count). The van der Waals surface area contributed by atoms with Gasteiger partial charge in [-0.25, -0.2) is 0 Å². The number of aryl methyl sites for hydroxylation is 2. The van der Waals surface area contributed by atoms with Crippen molar-refractivity contribution in [2.75, 3.05) is 13.7 Å². The van der Waals surface area contributed by atoms with E-state index >= 15 is 0 Å². The molecule has 8 heteroatoms.